The summed E-state index contributed by atoms with van der Waals surface area (Å²) in [6.45, 7) is 0. The van der Waals surface area contributed by atoms with E-state index < -0.39 is 5.91 Å². The molecule has 3 rings (SSSR count). The van der Waals surface area contributed by atoms with Crippen LogP contribution in [0, 0.1) is 0 Å². The molecule has 0 atom stereocenters. The fourth-order valence-electron chi connectivity index (χ4n) is 2.07. The van der Waals surface area contributed by atoms with Crippen molar-refractivity contribution in [1.29, 1.82) is 0 Å². The van der Waals surface area contributed by atoms with Gasteiger partial charge in [-0.2, -0.15) is 0 Å². The Morgan fingerprint density at radius 1 is 1.29 bits per heavy atom. The molecule has 2 heterocycles. The van der Waals surface area contributed by atoms with Crippen molar-refractivity contribution in [2.45, 2.75) is 0 Å². The van der Waals surface area contributed by atoms with Crippen LogP contribution >= 0.6 is 22.9 Å². The van der Waals surface area contributed by atoms with Gasteiger partial charge in [0.25, 0.3) is 5.91 Å². The minimum Gasteiger partial charge on any atom is -0.508 e. The average Bonchev–Trinajstić information content (AvgIpc) is 2.75. The summed E-state index contributed by atoms with van der Waals surface area (Å²) in [7, 11) is 0. The van der Waals surface area contributed by atoms with Crippen molar-refractivity contribution in [3.8, 4) is 17.0 Å². The number of primary amides is 1. The number of benzene rings is 1. The third-order valence-electron chi connectivity index (χ3n) is 2.90. The van der Waals surface area contributed by atoms with Gasteiger partial charge in [-0.15, -0.1) is 11.3 Å². The van der Waals surface area contributed by atoms with Crippen LogP contribution in [0.25, 0.3) is 21.5 Å². The minimum atomic E-state index is -0.615. The highest BCUT2D eigenvalue weighted by molar-refractivity contribution is 7.21. The summed E-state index contributed by atoms with van der Waals surface area (Å²) in [5.74, 6) is -0.608. The van der Waals surface area contributed by atoms with Gasteiger partial charge in [0, 0.05) is 10.6 Å². The smallest absolute Gasteiger partial charge is 0.260 e. The zero-order chi connectivity index (χ0) is 15.1. The Morgan fingerprint density at radius 2 is 2.05 bits per heavy atom. The van der Waals surface area contributed by atoms with Gasteiger partial charge in [-0.1, -0.05) is 11.6 Å². The van der Waals surface area contributed by atoms with Crippen molar-refractivity contribution in [2.24, 2.45) is 5.73 Å². The molecule has 0 saturated carbocycles. The normalized spacial score (nSPS) is 10.9. The van der Waals surface area contributed by atoms with Crippen LogP contribution in [0.3, 0.4) is 0 Å². The summed E-state index contributed by atoms with van der Waals surface area (Å²) < 4.78 is 0. The lowest BCUT2D eigenvalue weighted by Crippen LogP contribution is -2.10. The highest BCUT2D eigenvalue weighted by Gasteiger charge is 2.19. The second-order valence-corrected chi connectivity index (χ2v) is 5.75. The Labute approximate surface area is 128 Å². The van der Waals surface area contributed by atoms with E-state index in [0.717, 1.165) is 11.3 Å². The number of aromatic nitrogens is 2. The number of aromatic hydroxyl groups is 1. The number of rotatable bonds is 2. The highest BCUT2D eigenvalue weighted by atomic mass is 35.5. The van der Waals surface area contributed by atoms with Crippen molar-refractivity contribution >= 4 is 44.7 Å². The number of halogens is 1. The van der Waals surface area contributed by atoms with Gasteiger partial charge in [0.1, 0.15) is 21.8 Å². The van der Waals surface area contributed by atoms with Crippen LogP contribution in [0.2, 0.25) is 5.02 Å². The number of nitrogen functional groups attached to an aromatic ring is 1. The number of fused-ring (bicyclic) bond motifs is 1. The summed E-state index contributed by atoms with van der Waals surface area (Å²) in [5.41, 5.74) is 12.6. The molecule has 3 aromatic rings. The molecule has 106 valence electrons. The topological polar surface area (TPSA) is 115 Å². The van der Waals surface area contributed by atoms with E-state index in [2.05, 4.69) is 9.97 Å². The summed E-state index contributed by atoms with van der Waals surface area (Å²) in [5, 5.41) is 10.5. The number of anilines is 1. The summed E-state index contributed by atoms with van der Waals surface area (Å²) >= 11 is 7.04. The number of nitrogens with two attached hydrogens (primary N) is 2. The Morgan fingerprint density at radius 3 is 2.71 bits per heavy atom. The van der Waals surface area contributed by atoms with E-state index in [-0.39, 0.29) is 16.3 Å². The molecule has 0 spiro atoms. The lowest BCUT2D eigenvalue weighted by atomic mass is 10.1. The molecule has 0 radical (unpaired) electrons. The quantitative estimate of drug-likeness (QED) is 0.670. The lowest BCUT2D eigenvalue weighted by Gasteiger charge is -2.05. The molecule has 0 fully saturated rings. The molecule has 1 aromatic carbocycles. The second kappa shape index (κ2) is 4.87. The lowest BCUT2D eigenvalue weighted by molar-refractivity contribution is 0.100. The average molecular weight is 321 g/mol. The standard InChI is InChI=1S/C13H9ClN4O2S/c14-6-1-5(2-7(19)3-6)10-8-9(15)11(12(16)20)21-13(8)18-4-17-10/h1-4,19H,15H2,(H2,16,20). The summed E-state index contributed by atoms with van der Waals surface area (Å²) in [6.07, 6.45) is 1.36. The molecule has 5 N–H and O–H groups in total. The predicted molar refractivity (Wildman–Crippen MR) is 82.5 cm³/mol. The van der Waals surface area contributed by atoms with Crippen molar-refractivity contribution < 1.29 is 9.90 Å². The molecule has 1 amide bonds. The third kappa shape index (κ3) is 2.26. The molecule has 21 heavy (non-hydrogen) atoms. The molecule has 0 aliphatic heterocycles. The van der Waals surface area contributed by atoms with Gasteiger partial charge in [0.15, 0.2) is 0 Å². The molecule has 6 nitrogen and oxygen atoms in total. The maximum absolute atomic E-state index is 11.4. The van der Waals surface area contributed by atoms with E-state index in [0.29, 0.717) is 26.5 Å². The Hall–Kier alpha value is -2.38. The van der Waals surface area contributed by atoms with Crippen LogP contribution in [0.5, 0.6) is 5.75 Å². The zero-order valence-electron chi connectivity index (χ0n) is 10.5. The van der Waals surface area contributed by atoms with Crippen molar-refractivity contribution in [2.75, 3.05) is 5.73 Å². The number of amides is 1. The van der Waals surface area contributed by atoms with E-state index in [1.54, 1.807) is 6.07 Å². The molecule has 2 aromatic heterocycles. The number of phenolic OH excluding ortho intramolecular Hbond substituents is 1. The van der Waals surface area contributed by atoms with Crippen molar-refractivity contribution in [1.82, 2.24) is 9.97 Å². The van der Waals surface area contributed by atoms with Crippen molar-refractivity contribution in [3.63, 3.8) is 0 Å². The first-order chi connectivity index (χ1) is 9.97. The van der Waals surface area contributed by atoms with Gasteiger partial charge >= 0.3 is 0 Å². The Kier molecular flexibility index (Phi) is 3.15. The van der Waals surface area contributed by atoms with Gasteiger partial charge in [-0.05, 0) is 18.2 Å². The number of hydrogen-bond donors (Lipinski definition) is 3. The second-order valence-electron chi connectivity index (χ2n) is 4.31. The first-order valence-electron chi connectivity index (χ1n) is 5.80. The fourth-order valence-corrected chi connectivity index (χ4v) is 3.21. The predicted octanol–water partition coefficient (Wildman–Crippen LogP) is 2.40. The van der Waals surface area contributed by atoms with E-state index >= 15 is 0 Å². The van der Waals surface area contributed by atoms with Crippen LogP contribution < -0.4 is 11.5 Å². The number of carbonyl (C=O) groups excluding carboxylic acids is 1. The molecule has 8 heteroatoms. The van der Waals surface area contributed by atoms with Crippen LogP contribution in [0.15, 0.2) is 24.5 Å². The third-order valence-corrected chi connectivity index (χ3v) is 4.25. The monoisotopic (exact) mass is 320 g/mol. The maximum atomic E-state index is 11.4. The Bertz CT molecular complexity index is 858. The molecule has 0 aliphatic rings. The molecule has 0 aliphatic carbocycles. The van der Waals surface area contributed by atoms with Gasteiger partial charge < -0.3 is 16.6 Å². The summed E-state index contributed by atoms with van der Waals surface area (Å²) in [4.78, 5) is 20.5. The van der Waals surface area contributed by atoms with Gasteiger partial charge in [0.05, 0.1) is 16.8 Å². The number of hydrogen-bond acceptors (Lipinski definition) is 6. The maximum Gasteiger partial charge on any atom is 0.260 e. The number of thiophene rings is 1. The van der Waals surface area contributed by atoms with E-state index in [1.807, 2.05) is 0 Å². The van der Waals surface area contributed by atoms with Crippen LogP contribution in [-0.4, -0.2) is 21.0 Å². The number of carbonyl (C=O) groups is 1. The van der Waals surface area contributed by atoms with Crippen LogP contribution in [0.4, 0.5) is 5.69 Å². The van der Waals surface area contributed by atoms with E-state index in [1.165, 1.54) is 18.5 Å². The summed E-state index contributed by atoms with van der Waals surface area (Å²) in [6, 6.07) is 4.56. The zero-order valence-corrected chi connectivity index (χ0v) is 12.1. The van der Waals surface area contributed by atoms with Crippen LogP contribution in [0.1, 0.15) is 9.67 Å². The van der Waals surface area contributed by atoms with Gasteiger partial charge in [0.2, 0.25) is 0 Å². The molecule has 0 bridgehead atoms. The minimum absolute atomic E-state index is 0.00758. The first kappa shape index (κ1) is 13.6. The van der Waals surface area contributed by atoms with Crippen LogP contribution in [-0.2, 0) is 0 Å². The molecule has 0 saturated heterocycles. The first-order valence-corrected chi connectivity index (χ1v) is 6.99. The Balaban J connectivity index is 2.35. The van der Waals surface area contributed by atoms with Gasteiger partial charge in [-0.25, -0.2) is 9.97 Å². The fraction of sp³-hybridized carbons (Fsp3) is 0. The highest BCUT2D eigenvalue weighted by Crippen LogP contribution is 2.38. The van der Waals surface area contributed by atoms with E-state index in [9.17, 15) is 9.90 Å². The largest absolute Gasteiger partial charge is 0.508 e. The SMILES string of the molecule is NC(=O)c1sc2ncnc(-c3cc(O)cc(Cl)c3)c2c1N. The molecular weight excluding hydrogens is 312 g/mol. The number of nitrogens with zero attached hydrogens (tertiary/aromatic N) is 2. The van der Waals surface area contributed by atoms with Crippen molar-refractivity contribution in [3.05, 3.63) is 34.4 Å². The van der Waals surface area contributed by atoms with E-state index in [4.69, 9.17) is 23.1 Å². The molecule has 0 unspecified atom stereocenters. The van der Waals surface area contributed by atoms with Gasteiger partial charge in [-0.3, -0.25) is 4.79 Å². The number of phenols is 1. The molecular formula is C13H9ClN4O2S.